The number of carbonyl (C=O) groups excluding carboxylic acids is 2. The number of aromatic nitrogens is 3. The maximum Gasteiger partial charge on any atom is 0.273 e. The van der Waals surface area contributed by atoms with Crippen LogP contribution < -0.4 is 5.32 Å². The Bertz CT molecular complexity index is 745. The van der Waals surface area contributed by atoms with Gasteiger partial charge in [-0.3, -0.25) is 9.59 Å². The number of nitrogens with one attached hydrogen (secondary N) is 1. The summed E-state index contributed by atoms with van der Waals surface area (Å²) >= 11 is 0. The summed E-state index contributed by atoms with van der Waals surface area (Å²) in [5.41, 5.74) is 2.61. The molecule has 1 aliphatic heterocycles. The molecule has 0 atom stereocenters. The van der Waals surface area contributed by atoms with Gasteiger partial charge in [-0.2, -0.15) is 0 Å². The monoisotopic (exact) mass is 311 g/mol. The lowest BCUT2D eigenvalue weighted by atomic mass is 10.1. The molecule has 0 saturated heterocycles. The first-order valence-corrected chi connectivity index (χ1v) is 7.38. The lowest BCUT2D eigenvalue weighted by molar-refractivity contribution is -0.122. The van der Waals surface area contributed by atoms with E-state index in [2.05, 4.69) is 20.3 Å². The van der Waals surface area contributed by atoms with Crippen LogP contribution in [0.1, 0.15) is 29.9 Å². The fourth-order valence-corrected chi connectivity index (χ4v) is 2.49. The van der Waals surface area contributed by atoms with E-state index in [0.29, 0.717) is 17.9 Å². The molecule has 2 amide bonds. The molecule has 2 aromatic heterocycles. The lowest BCUT2D eigenvalue weighted by Gasteiger charge is -2.16. The quantitative estimate of drug-likeness (QED) is 0.910. The Balaban J connectivity index is 1.79. The second kappa shape index (κ2) is 6.12. The van der Waals surface area contributed by atoms with Gasteiger partial charge in [-0.15, -0.1) is 0 Å². The van der Waals surface area contributed by atoms with Crippen LogP contribution in [0.2, 0.25) is 0 Å². The van der Waals surface area contributed by atoms with Crippen molar-refractivity contribution < 1.29 is 9.59 Å². The third-order valence-corrected chi connectivity index (χ3v) is 3.47. The third-order valence-electron chi connectivity index (χ3n) is 3.47. The van der Waals surface area contributed by atoms with Crippen LogP contribution in [0.5, 0.6) is 0 Å². The highest BCUT2D eigenvalue weighted by Crippen LogP contribution is 2.24. The summed E-state index contributed by atoms with van der Waals surface area (Å²) < 4.78 is 0. The van der Waals surface area contributed by atoms with Gasteiger partial charge in [0.15, 0.2) is 0 Å². The van der Waals surface area contributed by atoms with Crippen molar-refractivity contribution in [2.45, 2.75) is 26.4 Å². The highest BCUT2D eigenvalue weighted by molar-refractivity contribution is 5.99. The van der Waals surface area contributed by atoms with Crippen molar-refractivity contribution in [2.24, 2.45) is 0 Å². The minimum atomic E-state index is -0.224. The molecule has 0 fully saturated rings. The second-order valence-corrected chi connectivity index (χ2v) is 5.71. The zero-order chi connectivity index (χ0) is 16.4. The van der Waals surface area contributed by atoms with E-state index in [1.165, 1.54) is 11.2 Å². The Labute approximate surface area is 133 Å². The topological polar surface area (TPSA) is 88.1 Å². The first-order chi connectivity index (χ1) is 11.0. The summed E-state index contributed by atoms with van der Waals surface area (Å²) in [6.07, 6.45) is 4.74. The van der Waals surface area contributed by atoms with Gasteiger partial charge in [-0.25, -0.2) is 15.0 Å². The first-order valence-electron chi connectivity index (χ1n) is 7.38. The average Bonchev–Trinajstić information content (AvgIpc) is 2.83. The number of rotatable bonds is 4. The first kappa shape index (κ1) is 15.1. The number of carbonyl (C=O) groups is 2. The summed E-state index contributed by atoms with van der Waals surface area (Å²) in [5.74, 6) is -0.393. The number of nitrogens with zero attached hydrogens (tertiary/aromatic N) is 4. The minimum Gasteiger partial charge on any atom is -0.352 e. The van der Waals surface area contributed by atoms with Gasteiger partial charge in [0.05, 0.1) is 5.69 Å². The van der Waals surface area contributed by atoms with Gasteiger partial charge in [-0.1, -0.05) is 6.07 Å². The summed E-state index contributed by atoms with van der Waals surface area (Å²) in [6.45, 7) is 4.21. The van der Waals surface area contributed by atoms with E-state index < -0.39 is 0 Å². The predicted molar refractivity (Wildman–Crippen MR) is 83.3 cm³/mol. The molecule has 7 heteroatoms. The smallest absolute Gasteiger partial charge is 0.273 e. The van der Waals surface area contributed by atoms with Gasteiger partial charge in [0.2, 0.25) is 5.91 Å². The molecule has 0 unspecified atom stereocenters. The van der Waals surface area contributed by atoms with Crippen molar-refractivity contribution in [3.63, 3.8) is 0 Å². The zero-order valence-electron chi connectivity index (χ0n) is 13.0. The number of pyridine rings is 1. The number of fused-ring (bicyclic) bond motifs is 1. The molecular weight excluding hydrogens is 294 g/mol. The summed E-state index contributed by atoms with van der Waals surface area (Å²) in [7, 11) is 0. The van der Waals surface area contributed by atoms with Crippen LogP contribution >= 0.6 is 0 Å². The van der Waals surface area contributed by atoms with Crippen molar-refractivity contribution in [1.29, 1.82) is 0 Å². The summed E-state index contributed by atoms with van der Waals surface area (Å²) in [5, 5.41) is 2.78. The van der Waals surface area contributed by atoms with E-state index in [4.69, 9.17) is 0 Å². The molecule has 0 radical (unpaired) electrons. The van der Waals surface area contributed by atoms with Gasteiger partial charge < -0.3 is 10.2 Å². The molecule has 0 aliphatic carbocycles. The maximum atomic E-state index is 12.5. The van der Waals surface area contributed by atoms with E-state index in [1.54, 1.807) is 12.4 Å². The molecule has 0 saturated carbocycles. The molecule has 118 valence electrons. The molecule has 3 rings (SSSR count). The van der Waals surface area contributed by atoms with Gasteiger partial charge in [-0.05, 0) is 19.9 Å². The molecule has 2 aromatic rings. The molecule has 0 spiro atoms. The van der Waals surface area contributed by atoms with Crippen LogP contribution in [0.3, 0.4) is 0 Å². The van der Waals surface area contributed by atoms with Crippen LogP contribution in [0.4, 0.5) is 0 Å². The Kier molecular flexibility index (Phi) is 4.01. The van der Waals surface area contributed by atoms with Crippen LogP contribution in [-0.4, -0.2) is 44.3 Å². The Morgan fingerprint density at radius 3 is 2.74 bits per heavy atom. The van der Waals surface area contributed by atoms with Crippen molar-refractivity contribution in [1.82, 2.24) is 25.2 Å². The Morgan fingerprint density at radius 2 is 2.04 bits per heavy atom. The summed E-state index contributed by atoms with van der Waals surface area (Å²) in [4.78, 5) is 38.1. The van der Waals surface area contributed by atoms with Crippen LogP contribution in [0.25, 0.3) is 11.3 Å². The van der Waals surface area contributed by atoms with Gasteiger partial charge in [0.25, 0.3) is 5.91 Å². The van der Waals surface area contributed by atoms with E-state index in [9.17, 15) is 9.59 Å². The molecule has 7 nitrogen and oxygen atoms in total. The number of amides is 2. The van der Waals surface area contributed by atoms with Gasteiger partial charge in [0, 0.05) is 36.1 Å². The Hall–Kier alpha value is -2.83. The number of hydrogen-bond donors (Lipinski definition) is 1. The average molecular weight is 311 g/mol. The Morgan fingerprint density at radius 1 is 1.30 bits per heavy atom. The van der Waals surface area contributed by atoms with E-state index in [-0.39, 0.29) is 24.4 Å². The maximum absolute atomic E-state index is 12.5. The van der Waals surface area contributed by atoms with Crippen molar-refractivity contribution in [3.8, 4) is 11.3 Å². The van der Waals surface area contributed by atoms with Crippen molar-refractivity contribution >= 4 is 11.8 Å². The molecular formula is C16H17N5O2. The van der Waals surface area contributed by atoms with E-state index >= 15 is 0 Å². The highest BCUT2D eigenvalue weighted by Gasteiger charge is 2.30. The SMILES string of the molecule is CC(C)NC(=O)CN1Cc2ccc(-c3cncnc3)nc2C1=O. The standard InChI is InChI=1S/C16H17N5O2/c1-10(2)19-14(22)8-21-7-11-3-4-13(20-15(11)16(21)23)12-5-17-9-18-6-12/h3-6,9-10H,7-8H2,1-2H3,(H,19,22). The molecule has 3 heterocycles. The van der Waals surface area contributed by atoms with E-state index in [1.807, 2.05) is 26.0 Å². The van der Waals surface area contributed by atoms with Gasteiger partial charge >= 0.3 is 0 Å². The van der Waals surface area contributed by atoms with Gasteiger partial charge in [0.1, 0.15) is 18.6 Å². The molecule has 1 N–H and O–H groups in total. The zero-order valence-corrected chi connectivity index (χ0v) is 13.0. The molecule has 23 heavy (non-hydrogen) atoms. The third kappa shape index (κ3) is 3.18. The fourth-order valence-electron chi connectivity index (χ4n) is 2.49. The lowest BCUT2D eigenvalue weighted by Crippen LogP contribution is -2.40. The fraction of sp³-hybridized carbons (Fsp3) is 0.312. The largest absolute Gasteiger partial charge is 0.352 e. The number of hydrogen-bond acceptors (Lipinski definition) is 5. The second-order valence-electron chi connectivity index (χ2n) is 5.71. The van der Waals surface area contributed by atoms with Crippen LogP contribution in [0, 0.1) is 0 Å². The minimum absolute atomic E-state index is 0.0388. The highest BCUT2D eigenvalue weighted by atomic mass is 16.2. The van der Waals surface area contributed by atoms with E-state index in [0.717, 1.165) is 11.1 Å². The van der Waals surface area contributed by atoms with Crippen LogP contribution in [0.15, 0.2) is 30.9 Å². The predicted octanol–water partition coefficient (Wildman–Crippen LogP) is 1.02. The van der Waals surface area contributed by atoms with Crippen LogP contribution in [-0.2, 0) is 11.3 Å². The molecule has 1 aliphatic rings. The molecule has 0 aromatic carbocycles. The van der Waals surface area contributed by atoms with Crippen molar-refractivity contribution in [3.05, 3.63) is 42.1 Å². The van der Waals surface area contributed by atoms with Crippen molar-refractivity contribution in [2.75, 3.05) is 6.54 Å². The molecule has 0 bridgehead atoms. The summed E-state index contributed by atoms with van der Waals surface area (Å²) in [6, 6.07) is 3.75. The normalized spacial score (nSPS) is 13.3.